The van der Waals surface area contributed by atoms with Crippen LogP contribution < -0.4 is 10.1 Å². The van der Waals surface area contributed by atoms with Gasteiger partial charge in [0.25, 0.3) is 5.91 Å². The zero-order chi connectivity index (χ0) is 19.8. The average molecular weight is 392 g/mol. The summed E-state index contributed by atoms with van der Waals surface area (Å²) in [6.45, 7) is 0.510. The van der Waals surface area contributed by atoms with Crippen LogP contribution in [0.1, 0.15) is 11.3 Å². The van der Waals surface area contributed by atoms with E-state index in [1.807, 2.05) is 77.5 Å². The molecular formula is C22H20N2O3S. The van der Waals surface area contributed by atoms with Crippen molar-refractivity contribution in [1.29, 1.82) is 0 Å². The quantitative estimate of drug-likeness (QED) is 0.464. The lowest BCUT2D eigenvalue weighted by atomic mass is 10.2. The molecule has 0 aliphatic heterocycles. The van der Waals surface area contributed by atoms with Gasteiger partial charge in [-0.2, -0.15) is 0 Å². The third-order valence-corrected chi connectivity index (χ3v) is 4.70. The van der Waals surface area contributed by atoms with Crippen LogP contribution in [0.25, 0.3) is 11.8 Å². The number of nitrogens with one attached hydrogen (secondary N) is 1. The molecule has 0 radical (unpaired) electrons. The fourth-order valence-corrected chi connectivity index (χ4v) is 3.15. The molecule has 0 spiro atoms. The molecule has 3 rings (SSSR count). The average Bonchev–Trinajstić information content (AvgIpc) is 3.20. The van der Waals surface area contributed by atoms with Gasteiger partial charge >= 0.3 is 0 Å². The van der Waals surface area contributed by atoms with Crippen LogP contribution in [-0.4, -0.2) is 23.1 Å². The first kappa shape index (κ1) is 19.5. The lowest BCUT2D eigenvalue weighted by Gasteiger charge is -2.10. The number of hydrogen-bond donors (Lipinski definition) is 1. The van der Waals surface area contributed by atoms with Crippen LogP contribution in [0.3, 0.4) is 0 Å². The molecule has 28 heavy (non-hydrogen) atoms. The zero-order valence-corrected chi connectivity index (χ0v) is 16.2. The number of carbonyl (C=O) groups is 2. The third-order valence-electron chi connectivity index (χ3n) is 4.05. The molecule has 1 heterocycles. The predicted molar refractivity (Wildman–Crippen MR) is 113 cm³/mol. The van der Waals surface area contributed by atoms with Gasteiger partial charge in [-0.15, -0.1) is 0 Å². The minimum Gasteiger partial charge on any atom is -0.489 e. The Kier molecular flexibility index (Phi) is 6.70. The molecule has 5 nitrogen and oxygen atoms in total. The van der Waals surface area contributed by atoms with Gasteiger partial charge < -0.3 is 14.6 Å². The predicted octanol–water partition coefficient (Wildman–Crippen LogP) is 4.07. The molecule has 142 valence electrons. The maximum Gasteiger partial charge on any atom is 0.257 e. The second-order valence-electron chi connectivity index (χ2n) is 5.87. The number of ether oxygens (including phenoxy) is 1. The highest BCUT2D eigenvalue weighted by molar-refractivity contribution is 8.16. The number of rotatable bonds is 8. The van der Waals surface area contributed by atoms with Crippen LogP contribution in [0, 0.1) is 0 Å². The van der Waals surface area contributed by atoms with E-state index in [1.54, 1.807) is 6.08 Å². The van der Waals surface area contributed by atoms with Crippen molar-refractivity contribution in [1.82, 2.24) is 9.88 Å². The Labute approximate surface area is 168 Å². The van der Waals surface area contributed by atoms with E-state index in [0.29, 0.717) is 17.1 Å². The van der Waals surface area contributed by atoms with Crippen LogP contribution in [0.5, 0.6) is 5.75 Å². The van der Waals surface area contributed by atoms with E-state index < -0.39 is 0 Å². The Morgan fingerprint density at radius 3 is 2.50 bits per heavy atom. The smallest absolute Gasteiger partial charge is 0.257 e. The Bertz CT molecular complexity index is 963. The number of carbonyl (C=O) groups excluding carboxylic acids is 2. The van der Waals surface area contributed by atoms with Crippen LogP contribution >= 0.6 is 11.8 Å². The van der Waals surface area contributed by atoms with Crippen molar-refractivity contribution in [3.63, 3.8) is 0 Å². The summed E-state index contributed by atoms with van der Waals surface area (Å²) in [5, 5.41) is 2.54. The van der Waals surface area contributed by atoms with E-state index in [9.17, 15) is 9.59 Å². The molecule has 2 aromatic carbocycles. The molecule has 0 saturated carbocycles. The number of nitrogens with zero attached hydrogens (tertiary/aromatic N) is 1. The minimum atomic E-state index is -0.297. The molecule has 1 aromatic heterocycles. The fourth-order valence-electron chi connectivity index (χ4n) is 2.65. The largest absolute Gasteiger partial charge is 0.489 e. The zero-order valence-electron chi connectivity index (χ0n) is 15.4. The van der Waals surface area contributed by atoms with Crippen molar-refractivity contribution in [2.75, 3.05) is 7.05 Å². The van der Waals surface area contributed by atoms with Crippen LogP contribution in [0.2, 0.25) is 0 Å². The standard InChI is InChI=1S/C22H20N2O3S/c1-23-22(26)21(28-16-25)14-19-8-5-13-24(19)18-9-11-20(12-10-18)27-15-17-6-3-2-4-7-17/h2-14,16H,15H2,1H3,(H,23,26)/b21-14-. The SMILES string of the molecule is CNC(=O)/C(=C/c1cccn1-c1ccc(OCc2ccccc2)cc1)SC=O. The van der Waals surface area contributed by atoms with E-state index in [2.05, 4.69) is 5.32 Å². The second-order valence-corrected chi connectivity index (χ2v) is 6.74. The van der Waals surface area contributed by atoms with Crippen molar-refractivity contribution < 1.29 is 14.3 Å². The van der Waals surface area contributed by atoms with Crippen molar-refractivity contribution in [3.05, 3.63) is 89.1 Å². The Morgan fingerprint density at radius 1 is 1.07 bits per heavy atom. The monoisotopic (exact) mass is 392 g/mol. The number of amides is 1. The number of hydrogen-bond acceptors (Lipinski definition) is 4. The normalized spacial score (nSPS) is 11.1. The molecule has 0 aliphatic carbocycles. The minimum absolute atomic E-state index is 0.297. The molecule has 0 bridgehead atoms. The second kappa shape index (κ2) is 9.62. The van der Waals surface area contributed by atoms with E-state index in [0.717, 1.165) is 34.5 Å². The summed E-state index contributed by atoms with van der Waals surface area (Å²) >= 11 is 0.853. The summed E-state index contributed by atoms with van der Waals surface area (Å²) in [5.74, 6) is 0.480. The molecule has 0 saturated heterocycles. The van der Waals surface area contributed by atoms with Gasteiger partial charge in [-0.1, -0.05) is 30.3 Å². The summed E-state index contributed by atoms with van der Waals surface area (Å²) in [6, 6.07) is 21.5. The van der Waals surface area contributed by atoms with Gasteiger partial charge in [0.05, 0.1) is 4.91 Å². The van der Waals surface area contributed by atoms with Gasteiger partial charge in [0.2, 0.25) is 0 Å². The van der Waals surface area contributed by atoms with E-state index in [1.165, 1.54) is 7.05 Å². The summed E-state index contributed by atoms with van der Waals surface area (Å²) in [4.78, 5) is 23.1. The van der Waals surface area contributed by atoms with Crippen molar-refractivity contribution in [3.8, 4) is 11.4 Å². The van der Waals surface area contributed by atoms with Gasteiger partial charge in [0.1, 0.15) is 12.4 Å². The topological polar surface area (TPSA) is 60.3 Å². The maximum atomic E-state index is 11.9. The first-order valence-electron chi connectivity index (χ1n) is 8.70. The molecule has 6 heteroatoms. The Balaban J connectivity index is 1.77. The van der Waals surface area contributed by atoms with Gasteiger partial charge in [-0.05, 0) is 59.8 Å². The lowest BCUT2D eigenvalue weighted by Crippen LogP contribution is -2.18. The van der Waals surface area contributed by atoms with E-state index in [-0.39, 0.29) is 5.91 Å². The first-order valence-corrected chi connectivity index (χ1v) is 9.58. The molecular weight excluding hydrogens is 372 g/mol. The molecule has 0 aliphatic rings. The third kappa shape index (κ3) is 4.92. The highest BCUT2D eigenvalue weighted by Crippen LogP contribution is 2.22. The number of thioether (sulfide) groups is 1. The van der Waals surface area contributed by atoms with Crippen molar-refractivity contribution >= 4 is 29.4 Å². The molecule has 0 fully saturated rings. The van der Waals surface area contributed by atoms with Gasteiger partial charge in [-0.3, -0.25) is 9.59 Å². The summed E-state index contributed by atoms with van der Waals surface area (Å²) in [5.41, 5.74) is 3.48. The number of aromatic nitrogens is 1. The van der Waals surface area contributed by atoms with Crippen LogP contribution in [0.15, 0.2) is 77.8 Å². The first-order chi connectivity index (χ1) is 13.7. The van der Waals surface area contributed by atoms with E-state index >= 15 is 0 Å². The van der Waals surface area contributed by atoms with Gasteiger partial charge in [-0.25, -0.2) is 0 Å². The van der Waals surface area contributed by atoms with Crippen LogP contribution in [-0.2, 0) is 16.2 Å². The van der Waals surface area contributed by atoms with Crippen molar-refractivity contribution in [2.45, 2.75) is 6.61 Å². The molecule has 1 N–H and O–H groups in total. The Morgan fingerprint density at radius 2 is 1.82 bits per heavy atom. The highest BCUT2D eigenvalue weighted by atomic mass is 32.2. The van der Waals surface area contributed by atoms with Gasteiger partial charge in [0.15, 0.2) is 5.62 Å². The molecule has 0 atom stereocenters. The maximum absolute atomic E-state index is 11.9. The van der Waals surface area contributed by atoms with Crippen molar-refractivity contribution in [2.24, 2.45) is 0 Å². The lowest BCUT2D eigenvalue weighted by molar-refractivity contribution is -0.116. The molecule has 3 aromatic rings. The summed E-state index contributed by atoms with van der Waals surface area (Å²) < 4.78 is 7.76. The number of likely N-dealkylation sites (N-methyl/N-ethyl adjacent to an activating group) is 1. The molecule has 0 unspecified atom stereocenters. The Hall–Kier alpha value is -3.25. The number of benzene rings is 2. The highest BCUT2D eigenvalue weighted by Gasteiger charge is 2.10. The summed E-state index contributed by atoms with van der Waals surface area (Å²) in [6.07, 6.45) is 3.59. The van der Waals surface area contributed by atoms with Gasteiger partial charge in [0, 0.05) is 24.6 Å². The van der Waals surface area contributed by atoms with Crippen LogP contribution in [0.4, 0.5) is 0 Å². The van der Waals surface area contributed by atoms with E-state index in [4.69, 9.17) is 4.74 Å². The summed E-state index contributed by atoms with van der Waals surface area (Å²) in [7, 11) is 1.54. The fraction of sp³-hybridized carbons (Fsp3) is 0.0909. The molecule has 1 amide bonds.